The lowest BCUT2D eigenvalue weighted by Gasteiger charge is -2.08. The summed E-state index contributed by atoms with van der Waals surface area (Å²) in [6, 6.07) is 4.10. The van der Waals surface area contributed by atoms with E-state index in [4.69, 9.17) is 0 Å². The molecule has 1 aromatic rings. The molecular weight excluding hydrogens is 225 g/mol. The lowest BCUT2D eigenvalue weighted by Crippen LogP contribution is -2.11. The van der Waals surface area contributed by atoms with Crippen LogP contribution in [0.15, 0.2) is 18.2 Å². The average molecular weight is 237 g/mol. The molecule has 0 saturated heterocycles. The summed E-state index contributed by atoms with van der Waals surface area (Å²) in [6.07, 6.45) is 2.40. The fourth-order valence-corrected chi connectivity index (χ4v) is 2.23. The molecule has 1 atom stereocenters. The van der Waals surface area contributed by atoms with Crippen molar-refractivity contribution < 1.29 is 14.1 Å². The van der Waals surface area contributed by atoms with Gasteiger partial charge in [-0.05, 0) is 24.8 Å². The Bertz CT molecular complexity index is 473. The topological polar surface area (TPSA) is 60.2 Å². The molecule has 0 N–H and O–H groups in total. The minimum absolute atomic E-state index is 0.135. The maximum Gasteiger partial charge on any atom is 0.305 e. The van der Waals surface area contributed by atoms with E-state index in [1.54, 1.807) is 0 Å². The van der Waals surface area contributed by atoms with Gasteiger partial charge in [0.25, 0.3) is 0 Å². The molecule has 0 amide bonds. The molecule has 4 nitrogen and oxygen atoms in total. The predicted molar refractivity (Wildman–Crippen MR) is 59.1 cm³/mol. The van der Waals surface area contributed by atoms with E-state index in [2.05, 4.69) is 0 Å². The van der Waals surface area contributed by atoms with E-state index < -0.39 is 16.4 Å². The summed E-state index contributed by atoms with van der Waals surface area (Å²) < 4.78 is 13.8. The van der Waals surface area contributed by atoms with E-state index in [1.165, 1.54) is 12.1 Å². The second-order valence-electron chi connectivity index (χ2n) is 4.27. The van der Waals surface area contributed by atoms with Gasteiger partial charge in [-0.2, -0.15) is 4.39 Å². The van der Waals surface area contributed by atoms with Crippen molar-refractivity contribution in [3.63, 3.8) is 0 Å². The average Bonchev–Trinajstić information content (AvgIpc) is 2.67. The molecule has 0 aliphatic heterocycles. The van der Waals surface area contributed by atoms with Crippen LogP contribution in [0.3, 0.4) is 0 Å². The zero-order valence-electron chi connectivity index (χ0n) is 9.19. The number of nitro benzene ring substituents is 1. The van der Waals surface area contributed by atoms with Crippen LogP contribution >= 0.6 is 0 Å². The van der Waals surface area contributed by atoms with Crippen LogP contribution in [0.25, 0.3) is 0 Å². The van der Waals surface area contributed by atoms with Gasteiger partial charge in [-0.3, -0.25) is 14.9 Å². The van der Waals surface area contributed by atoms with Crippen molar-refractivity contribution in [2.45, 2.75) is 25.7 Å². The Labute approximate surface area is 97.6 Å². The molecule has 0 aromatic heterocycles. The number of halogens is 1. The first-order valence-corrected chi connectivity index (χ1v) is 5.54. The normalized spacial score (nSPS) is 19.6. The van der Waals surface area contributed by atoms with Crippen molar-refractivity contribution in [1.29, 1.82) is 0 Å². The van der Waals surface area contributed by atoms with Crippen LogP contribution in [-0.4, -0.2) is 10.7 Å². The fourth-order valence-electron chi connectivity index (χ4n) is 2.23. The number of Topliss-reactive ketones (excluding diaryl/α,β-unsaturated/α-hetero) is 1. The molecule has 1 fully saturated rings. The van der Waals surface area contributed by atoms with E-state index in [0.717, 1.165) is 18.9 Å². The third kappa shape index (κ3) is 2.33. The van der Waals surface area contributed by atoms with Crippen molar-refractivity contribution in [1.82, 2.24) is 0 Å². The van der Waals surface area contributed by atoms with Gasteiger partial charge < -0.3 is 0 Å². The van der Waals surface area contributed by atoms with E-state index in [0.29, 0.717) is 6.42 Å². The van der Waals surface area contributed by atoms with Gasteiger partial charge in [-0.25, -0.2) is 0 Å². The van der Waals surface area contributed by atoms with E-state index in [-0.39, 0.29) is 23.7 Å². The first-order chi connectivity index (χ1) is 8.09. The molecule has 1 unspecified atom stereocenters. The van der Waals surface area contributed by atoms with Gasteiger partial charge in [0, 0.05) is 18.4 Å². The third-order valence-electron chi connectivity index (χ3n) is 3.15. The molecule has 0 radical (unpaired) electrons. The quantitative estimate of drug-likeness (QED) is 0.599. The van der Waals surface area contributed by atoms with Gasteiger partial charge in [0.1, 0.15) is 5.78 Å². The lowest BCUT2D eigenvalue weighted by atomic mass is 9.96. The fraction of sp³-hybridized carbons (Fsp3) is 0.417. The minimum Gasteiger partial charge on any atom is -0.299 e. The molecule has 1 aliphatic carbocycles. The standard InChI is InChI=1S/C12H12FNO3/c13-12-9(4-1-5-10(12)14(16)17)7-8-3-2-6-11(8)15/h1,4-5,8H,2-3,6-7H2. The van der Waals surface area contributed by atoms with Crippen molar-refractivity contribution in [3.05, 3.63) is 39.7 Å². The number of carbonyl (C=O) groups excluding carboxylic acids is 1. The number of hydrogen-bond acceptors (Lipinski definition) is 3. The Morgan fingerprint density at radius 3 is 2.82 bits per heavy atom. The second kappa shape index (κ2) is 4.61. The number of benzene rings is 1. The minimum atomic E-state index is -0.808. The van der Waals surface area contributed by atoms with Gasteiger partial charge >= 0.3 is 5.69 Å². The number of hydrogen-bond donors (Lipinski definition) is 0. The summed E-state index contributed by atoms with van der Waals surface area (Å²) in [5.74, 6) is -0.848. The number of ketones is 1. The highest BCUT2D eigenvalue weighted by molar-refractivity contribution is 5.83. The maximum atomic E-state index is 13.8. The van der Waals surface area contributed by atoms with Crippen LogP contribution in [0.1, 0.15) is 24.8 Å². The smallest absolute Gasteiger partial charge is 0.299 e. The molecule has 1 saturated carbocycles. The Hall–Kier alpha value is -1.78. The molecule has 5 heteroatoms. The first-order valence-electron chi connectivity index (χ1n) is 5.54. The molecule has 90 valence electrons. The number of rotatable bonds is 3. The monoisotopic (exact) mass is 237 g/mol. The Balaban J connectivity index is 2.24. The number of carbonyl (C=O) groups is 1. The van der Waals surface area contributed by atoms with Crippen LogP contribution in [0, 0.1) is 21.8 Å². The van der Waals surface area contributed by atoms with Crippen molar-refractivity contribution >= 4 is 11.5 Å². The third-order valence-corrected chi connectivity index (χ3v) is 3.15. The molecule has 0 bridgehead atoms. The molecule has 0 spiro atoms. The molecule has 0 heterocycles. The molecule has 17 heavy (non-hydrogen) atoms. The zero-order chi connectivity index (χ0) is 12.4. The van der Waals surface area contributed by atoms with Gasteiger partial charge in [0.05, 0.1) is 4.92 Å². The summed E-state index contributed by atoms with van der Waals surface area (Å²) in [7, 11) is 0. The Kier molecular flexibility index (Phi) is 3.17. The maximum absolute atomic E-state index is 13.8. The predicted octanol–water partition coefficient (Wildman–Crippen LogP) is 2.65. The second-order valence-corrected chi connectivity index (χ2v) is 4.27. The van der Waals surface area contributed by atoms with Gasteiger partial charge in [-0.15, -0.1) is 0 Å². The Morgan fingerprint density at radius 2 is 2.24 bits per heavy atom. The summed E-state index contributed by atoms with van der Waals surface area (Å²) in [4.78, 5) is 21.3. The highest BCUT2D eigenvalue weighted by atomic mass is 19.1. The van der Waals surface area contributed by atoms with E-state index in [1.807, 2.05) is 0 Å². The van der Waals surface area contributed by atoms with Crippen LogP contribution in [-0.2, 0) is 11.2 Å². The van der Waals surface area contributed by atoms with Crippen LogP contribution in [0.4, 0.5) is 10.1 Å². The van der Waals surface area contributed by atoms with Crippen LogP contribution in [0.2, 0.25) is 0 Å². The molecule has 1 aliphatic rings. The zero-order valence-corrected chi connectivity index (χ0v) is 9.19. The van der Waals surface area contributed by atoms with Crippen molar-refractivity contribution in [2.24, 2.45) is 5.92 Å². The lowest BCUT2D eigenvalue weighted by molar-refractivity contribution is -0.387. The van der Waals surface area contributed by atoms with E-state index in [9.17, 15) is 19.3 Å². The first kappa shape index (κ1) is 11.7. The van der Waals surface area contributed by atoms with Gasteiger partial charge in [0.15, 0.2) is 0 Å². The van der Waals surface area contributed by atoms with Crippen LogP contribution < -0.4 is 0 Å². The molecule has 1 aromatic carbocycles. The van der Waals surface area contributed by atoms with Gasteiger partial charge in [-0.1, -0.05) is 12.1 Å². The largest absolute Gasteiger partial charge is 0.305 e. The summed E-state index contributed by atoms with van der Waals surface area (Å²) in [5, 5.41) is 10.6. The molecular formula is C12H12FNO3. The Morgan fingerprint density at radius 1 is 1.47 bits per heavy atom. The SMILES string of the molecule is O=C1CCCC1Cc1cccc([N+](=O)[O-])c1F. The highest BCUT2D eigenvalue weighted by Crippen LogP contribution is 2.28. The summed E-state index contributed by atoms with van der Waals surface area (Å²) in [6.45, 7) is 0. The van der Waals surface area contributed by atoms with Crippen molar-refractivity contribution in [3.8, 4) is 0 Å². The van der Waals surface area contributed by atoms with Crippen LogP contribution in [0.5, 0.6) is 0 Å². The van der Waals surface area contributed by atoms with E-state index >= 15 is 0 Å². The number of nitro groups is 1. The van der Waals surface area contributed by atoms with Gasteiger partial charge in [0.2, 0.25) is 5.82 Å². The number of nitrogens with zero attached hydrogens (tertiary/aromatic N) is 1. The summed E-state index contributed by atoms with van der Waals surface area (Å²) >= 11 is 0. The molecule has 2 rings (SSSR count). The highest BCUT2D eigenvalue weighted by Gasteiger charge is 2.27. The summed E-state index contributed by atoms with van der Waals surface area (Å²) in [5.41, 5.74) is -0.257. The van der Waals surface area contributed by atoms with Crippen molar-refractivity contribution in [2.75, 3.05) is 0 Å².